The fourth-order valence-electron chi connectivity index (χ4n) is 1.31. The molecular weight excluding hydrogens is 190 g/mol. The van der Waals surface area contributed by atoms with Crippen molar-refractivity contribution in [2.75, 3.05) is 19.0 Å². The van der Waals surface area contributed by atoms with Gasteiger partial charge < -0.3 is 4.90 Å². The highest BCUT2D eigenvalue weighted by Crippen LogP contribution is 2.19. The van der Waals surface area contributed by atoms with Gasteiger partial charge in [0.25, 0.3) is 0 Å². The van der Waals surface area contributed by atoms with E-state index in [0.29, 0.717) is 11.5 Å². The number of nitrogens with zero attached hydrogens (tertiary/aromatic N) is 3. The van der Waals surface area contributed by atoms with Crippen LogP contribution < -0.4 is 4.90 Å². The third kappa shape index (κ3) is 2.52. The average Bonchev–Trinajstić information content (AvgIpc) is 2.16. The monoisotopic (exact) mass is 207 g/mol. The summed E-state index contributed by atoms with van der Waals surface area (Å²) in [6.45, 7) is 5.59. The number of carbonyl (C=O) groups excluding carboxylic acids is 1. The van der Waals surface area contributed by atoms with Crippen LogP contribution in [0, 0.1) is 0 Å². The van der Waals surface area contributed by atoms with Crippen molar-refractivity contribution in [2.45, 2.75) is 26.7 Å². The van der Waals surface area contributed by atoms with Gasteiger partial charge >= 0.3 is 0 Å². The van der Waals surface area contributed by atoms with Crippen molar-refractivity contribution < 1.29 is 4.79 Å². The Morgan fingerprint density at radius 2 is 2.00 bits per heavy atom. The topological polar surface area (TPSA) is 46.1 Å². The third-order valence-electron chi connectivity index (χ3n) is 2.13. The number of hydrogen-bond acceptors (Lipinski definition) is 4. The molecule has 0 saturated carbocycles. The zero-order valence-corrected chi connectivity index (χ0v) is 9.90. The first-order valence-electron chi connectivity index (χ1n) is 4.98. The summed E-state index contributed by atoms with van der Waals surface area (Å²) >= 11 is 0. The molecule has 0 amide bonds. The molecule has 0 aliphatic rings. The van der Waals surface area contributed by atoms with Crippen LogP contribution >= 0.6 is 0 Å². The first kappa shape index (κ1) is 11.6. The maximum absolute atomic E-state index is 11.4. The highest BCUT2D eigenvalue weighted by Gasteiger charge is 2.14. The molecule has 0 spiro atoms. The minimum Gasteiger partial charge on any atom is -0.347 e. The summed E-state index contributed by atoms with van der Waals surface area (Å²) in [5, 5.41) is 0. The lowest BCUT2D eigenvalue weighted by Gasteiger charge is -2.14. The van der Waals surface area contributed by atoms with Gasteiger partial charge in [-0.2, -0.15) is 0 Å². The van der Waals surface area contributed by atoms with Crippen molar-refractivity contribution in [3.05, 3.63) is 17.5 Å². The van der Waals surface area contributed by atoms with E-state index in [1.54, 1.807) is 13.1 Å². The largest absolute Gasteiger partial charge is 0.347 e. The van der Waals surface area contributed by atoms with Gasteiger partial charge in [-0.3, -0.25) is 4.79 Å². The zero-order valence-electron chi connectivity index (χ0n) is 9.90. The number of Topliss-reactive ketones (excluding diaryl/α,β-unsaturated/α-hetero) is 1. The van der Waals surface area contributed by atoms with E-state index in [0.717, 1.165) is 5.69 Å². The summed E-state index contributed by atoms with van der Waals surface area (Å²) < 4.78 is 0. The van der Waals surface area contributed by atoms with E-state index in [9.17, 15) is 4.79 Å². The third-order valence-corrected chi connectivity index (χ3v) is 2.13. The van der Waals surface area contributed by atoms with Gasteiger partial charge in [-0.1, -0.05) is 13.8 Å². The van der Waals surface area contributed by atoms with Crippen LogP contribution in [-0.2, 0) is 0 Å². The van der Waals surface area contributed by atoms with Gasteiger partial charge in [-0.05, 0) is 12.8 Å². The van der Waals surface area contributed by atoms with Crippen LogP contribution in [0.3, 0.4) is 0 Å². The maximum Gasteiger partial charge on any atom is 0.225 e. The van der Waals surface area contributed by atoms with Crippen molar-refractivity contribution in [1.29, 1.82) is 0 Å². The molecule has 0 aromatic carbocycles. The summed E-state index contributed by atoms with van der Waals surface area (Å²) in [5.41, 5.74) is 1.44. The highest BCUT2D eigenvalue weighted by molar-refractivity contribution is 5.95. The Hall–Kier alpha value is -1.45. The van der Waals surface area contributed by atoms with E-state index >= 15 is 0 Å². The van der Waals surface area contributed by atoms with E-state index < -0.39 is 0 Å². The van der Waals surface area contributed by atoms with E-state index in [1.807, 2.05) is 32.8 Å². The van der Waals surface area contributed by atoms with E-state index in [1.165, 1.54) is 0 Å². The fourth-order valence-corrected chi connectivity index (χ4v) is 1.31. The fraction of sp³-hybridized carbons (Fsp3) is 0.545. The molecule has 1 rings (SSSR count). The number of rotatable bonds is 3. The summed E-state index contributed by atoms with van der Waals surface area (Å²) in [5.74, 6) is 0.887. The average molecular weight is 207 g/mol. The summed E-state index contributed by atoms with van der Waals surface area (Å²) in [6, 6.07) is 0. The molecule has 0 bridgehead atoms. The molecule has 0 saturated heterocycles. The van der Waals surface area contributed by atoms with Gasteiger partial charge in [0.15, 0.2) is 5.78 Å². The Bertz CT molecular complexity index is 372. The molecule has 0 fully saturated rings. The Morgan fingerprint density at radius 3 is 2.40 bits per heavy atom. The van der Waals surface area contributed by atoms with Crippen molar-refractivity contribution >= 4 is 11.7 Å². The molecule has 1 aromatic heterocycles. The molecule has 4 heteroatoms. The molecule has 0 aliphatic carbocycles. The molecule has 0 unspecified atom stereocenters. The van der Waals surface area contributed by atoms with Crippen molar-refractivity contribution in [2.24, 2.45) is 0 Å². The second-order valence-corrected chi connectivity index (χ2v) is 4.07. The van der Waals surface area contributed by atoms with Crippen LogP contribution in [0.5, 0.6) is 0 Å². The van der Waals surface area contributed by atoms with Gasteiger partial charge in [-0.15, -0.1) is 0 Å². The number of carbonyl (C=O) groups is 1. The van der Waals surface area contributed by atoms with Gasteiger partial charge in [0.1, 0.15) is 0 Å². The normalized spacial score (nSPS) is 10.5. The molecule has 4 nitrogen and oxygen atoms in total. The Labute approximate surface area is 90.3 Å². The van der Waals surface area contributed by atoms with Crippen LogP contribution in [0.15, 0.2) is 6.20 Å². The van der Waals surface area contributed by atoms with E-state index in [2.05, 4.69) is 9.97 Å². The van der Waals surface area contributed by atoms with Gasteiger partial charge in [0, 0.05) is 20.3 Å². The van der Waals surface area contributed by atoms with Crippen molar-refractivity contribution in [3.8, 4) is 0 Å². The van der Waals surface area contributed by atoms with Gasteiger partial charge in [-0.25, -0.2) is 9.97 Å². The summed E-state index contributed by atoms with van der Waals surface area (Å²) in [6.07, 6.45) is 1.61. The molecule has 0 atom stereocenters. The second-order valence-electron chi connectivity index (χ2n) is 4.07. The van der Waals surface area contributed by atoms with Gasteiger partial charge in [0.05, 0.1) is 11.3 Å². The zero-order chi connectivity index (χ0) is 11.6. The molecule has 0 radical (unpaired) electrons. The molecular formula is C11H17N3O. The SMILES string of the molecule is CC(=O)c1cnc(N(C)C)nc1C(C)C. The standard InChI is InChI=1S/C11H17N3O/c1-7(2)10-9(8(3)15)6-12-11(13-10)14(4)5/h6-7H,1-5H3. The second kappa shape index (κ2) is 4.38. The van der Waals surface area contributed by atoms with E-state index in [-0.39, 0.29) is 11.7 Å². The van der Waals surface area contributed by atoms with Gasteiger partial charge in [0.2, 0.25) is 5.95 Å². The smallest absolute Gasteiger partial charge is 0.225 e. The molecule has 82 valence electrons. The minimum absolute atomic E-state index is 0.0176. The van der Waals surface area contributed by atoms with E-state index in [4.69, 9.17) is 0 Å². The number of anilines is 1. The van der Waals surface area contributed by atoms with Crippen LogP contribution in [0.4, 0.5) is 5.95 Å². The van der Waals surface area contributed by atoms with Crippen LogP contribution in [0.2, 0.25) is 0 Å². The maximum atomic E-state index is 11.4. The minimum atomic E-state index is 0.0176. The lowest BCUT2D eigenvalue weighted by molar-refractivity contribution is 0.101. The quantitative estimate of drug-likeness (QED) is 0.710. The van der Waals surface area contributed by atoms with Crippen molar-refractivity contribution in [1.82, 2.24) is 9.97 Å². The molecule has 15 heavy (non-hydrogen) atoms. The molecule has 0 aliphatic heterocycles. The van der Waals surface area contributed by atoms with Crippen molar-refractivity contribution in [3.63, 3.8) is 0 Å². The first-order chi connectivity index (χ1) is 6.93. The summed E-state index contributed by atoms with van der Waals surface area (Å²) in [4.78, 5) is 21.7. The number of ketones is 1. The van der Waals surface area contributed by atoms with Crippen LogP contribution in [0.1, 0.15) is 42.7 Å². The highest BCUT2D eigenvalue weighted by atomic mass is 16.1. The summed E-state index contributed by atoms with van der Waals surface area (Å²) in [7, 11) is 3.76. The van der Waals surface area contributed by atoms with Crippen LogP contribution in [0.25, 0.3) is 0 Å². The Kier molecular flexibility index (Phi) is 3.39. The molecule has 1 aromatic rings. The Balaban J connectivity index is 3.27. The number of aromatic nitrogens is 2. The first-order valence-corrected chi connectivity index (χ1v) is 4.98. The Morgan fingerprint density at radius 1 is 1.40 bits per heavy atom. The van der Waals surface area contributed by atoms with Crippen LogP contribution in [-0.4, -0.2) is 29.8 Å². The molecule has 1 heterocycles. The lowest BCUT2D eigenvalue weighted by Crippen LogP contribution is -2.16. The predicted octanol–water partition coefficient (Wildman–Crippen LogP) is 1.87. The predicted molar refractivity (Wildman–Crippen MR) is 60.5 cm³/mol. The number of hydrogen-bond donors (Lipinski definition) is 0. The lowest BCUT2D eigenvalue weighted by atomic mass is 10.0. The molecule has 0 N–H and O–H groups in total.